The number of rotatable bonds is 3. The summed E-state index contributed by atoms with van der Waals surface area (Å²) in [5, 5.41) is 2.96. The third-order valence-corrected chi connectivity index (χ3v) is 1.91. The molecule has 0 saturated carbocycles. The zero-order valence-corrected chi connectivity index (χ0v) is 7.54. The SMILES string of the molecule is CCC(N)c1ccc(NC)nc1. The molecule has 1 heterocycles. The minimum Gasteiger partial charge on any atom is -0.373 e. The Labute approximate surface area is 73.0 Å². The molecule has 1 rings (SSSR count). The number of hydrogen-bond acceptors (Lipinski definition) is 3. The zero-order chi connectivity index (χ0) is 8.97. The molecular weight excluding hydrogens is 150 g/mol. The van der Waals surface area contributed by atoms with Crippen LogP contribution in [0.15, 0.2) is 18.3 Å². The van der Waals surface area contributed by atoms with Crippen LogP contribution in [0.3, 0.4) is 0 Å². The first kappa shape index (κ1) is 9.00. The maximum absolute atomic E-state index is 5.83. The topological polar surface area (TPSA) is 50.9 Å². The summed E-state index contributed by atoms with van der Waals surface area (Å²) in [6.07, 6.45) is 2.76. The molecule has 0 aliphatic heterocycles. The third-order valence-electron chi connectivity index (χ3n) is 1.91. The van der Waals surface area contributed by atoms with Crippen LogP contribution in [0.1, 0.15) is 24.9 Å². The smallest absolute Gasteiger partial charge is 0.125 e. The molecule has 0 aromatic carbocycles. The lowest BCUT2D eigenvalue weighted by Gasteiger charge is -2.08. The Hall–Kier alpha value is -1.09. The van der Waals surface area contributed by atoms with Crippen molar-refractivity contribution in [1.29, 1.82) is 0 Å². The largest absolute Gasteiger partial charge is 0.373 e. The van der Waals surface area contributed by atoms with Gasteiger partial charge in [-0.25, -0.2) is 4.98 Å². The van der Waals surface area contributed by atoms with Gasteiger partial charge in [-0.2, -0.15) is 0 Å². The Balaban J connectivity index is 2.77. The Morgan fingerprint density at radius 3 is 2.75 bits per heavy atom. The van der Waals surface area contributed by atoms with Crippen molar-refractivity contribution >= 4 is 5.82 Å². The Kier molecular flexibility index (Phi) is 3.05. The monoisotopic (exact) mass is 165 g/mol. The predicted molar refractivity (Wildman–Crippen MR) is 51.0 cm³/mol. The second-order valence-corrected chi connectivity index (χ2v) is 2.74. The molecule has 3 heteroatoms. The predicted octanol–water partition coefficient (Wildman–Crippen LogP) is 1.53. The summed E-state index contributed by atoms with van der Waals surface area (Å²) >= 11 is 0. The van der Waals surface area contributed by atoms with Crippen molar-refractivity contribution < 1.29 is 0 Å². The van der Waals surface area contributed by atoms with E-state index in [1.165, 1.54) is 0 Å². The first-order chi connectivity index (χ1) is 5.77. The maximum atomic E-state index is 5.83. The molecule has 0 radical (unpaired) electrons. The molecule has 3 N–H and O–H groups in total. The van der Waals surface area contributed by atoms with Crippen LogP contribution in [-0.2, 0) is 0 Å². The van der Waals surface area contributed by atoms with Gasteiger partial charge >= 0.3 is 0 Å². The summed E-state index contributed by atoms with van der Waals surface area (Å²) in [7, 11) is 1.85. The van der Waals surface area contributed by atoms with E-state index in [-0.39, 0.29) is 6.04 Å². The van der Waals surface area contributed by atoms with Gasteiger partial charge in [0.25, 0.3) is 0 Å². The molecule has 3 nitrogen and oxygen atoms in total. The van der Waals surface area contributed by atoms with Crippen LogP contribution < -0.4 is 11.1 Å². The molecule has 0 spiro atoms. The zero-order valence-electron chi connectivity index (χ0n) is 7.54. The van der Waals surface area contributed by atoms with E-state index in [0.29, 0.717) is 0 Å². The van der Waals surface area contributed by atoms with Crippen LogP contribution in [0.4, 0.5) is 5.82 Å². The van der Waals surface area contributed by atoms with Gasteiger partial charge in [-0.3, -0.25) is 0 Å². The van der Waals surface area contributed by atoms with Crippen molar-refractivity contribution in [2.75, 3.05) is 12.4 Å². The molecule has 0 aliphatic carbocycles. The van der Waals surface area contributed by atoms with Crippen LogP contribution in [0.25, 0.3) is 0 Å². The number of nitrogens with zero attached hydrogens (tertiary/aromatic N) is 1. The van der Waals surface area contributed by atoms with E-state index in [4.69, 9.17) is 5.73 Å². The fourth-order valence-electron chi connectivity index (χ4n) is 1.01. The van der Waals surface area contributed by atoms with Crippen molar-refractivity contribution in [1.82, 2.24) is 4.98 Å². The molecule has 1 aromatic rings. The van der Waals surface area contributed by atoms with Gasteiger partial charge in [0.1, 0.15) is 5.82 Å². The van der Waals surface area contributed by atoms with Crippen molar-refractivity contribution in [2.24, 2.45) is 5.73 Å². The van der Waals surface area contributed by atoms with Crippen molar-refractivity contribution in [3.8, 4) is 0 Å². The van der Waals surface area contributed by atoms with E-state index in [0.717, 1.165) is 17.8 Å². The van der Waals surface area contributed by atoms with Crippen LogP contribution in [0.2, 0.25) is 0 Å². The van der Waals surface area contributed by atoms with Gasteiger partial charge in [0, 0.05) is 19.3 Å². The van der Waals surface area contributed by atoms with Gasteiger partial charge in [0.05, 0.1) is 0 Å². The lowest BCUT2D eigenvalue weighted by molar-refractivity contribution is 0.695. The minimum absolute atomic E-state index is 0.114. The number of nitrogens with two attached hydrogens (primary N) is 1. The van der Waals surface area contributed by atoms with Crippen LogP contribution in [0.5, 0.6) is 0 Å². The average Bonchev–Trinajstić information content (AvgIpc) is 2.17. The number of nitrogens with one attached hydrogen (secondary N) is 1. The van der Waals surface area contributed by atoms with Crippen LogP contribution in [-0.4, -0.2) is 12.0 Å². The lowest BCUT2D eigenvalue weighted by atomic mass is 10.1. The second kappa shape index (κ2) is 4.07. The minimum atomic E-state index is 0.114. The summed E-state index contributed by atoms with van der Waals surface area (Å²) in [5.74, 6) is 0.877. The van der Waals surface area contributed by atoms with Gasteiger partial charge in [-0.1, -0.05) is 13.0 Å². The first-order valence-electron chi connectivity index (χ1n) is 4.17. The van der Waals surface area contributed by atoms with Gasteiger partial charge in [0.2, 0.25) is 0 Å². The normalized spacial score (nSPS) is 12.6. The van der Waals surface area contributed by atoms with Crippen LogP contribution in [0, 0.1) is 0 Å². The Morgan fingerprint density at radius 2 is 2.33 bits per heavy atom. The highest BCUT2D eigenvalue weighted by molar-refractivity contribution is 5.35. The fraction of sp³-hybridized carbons (Fsp3) is 0.444. The van der Waals surface area contributed by atoms with Crippen molar-refractivity contribution in [3.05, 3.63) is 23.9 Å². The van der Waals surface area contributed by atoms with E-state index in [1.807, 2.05) is 25.4 Å². The molecule has 1 atom stereocenters. The van der Waals surface area contributed by atoms with Crippen LogP contribution >= 0.6 is 0 Å². The summed E-state index contributed by atoms with van der Waals surface area (Å²) in [6, 6.07) is 4.06. The first-order valence-corrected chi connectivity index (χ1v) is 4.17. The molecular formula is C9H15N3. The average molecular weight is 165 g/mol. The quantitative estimate of drug-likeness (QED) is 0.714. The van der Waals surface area contributed by atoms with E-state index in [2.05, 4.69) is 17.2 Å². The fourth-order valence-corrected chi connectivity index (χ4v) is 1.01. The number of pyridine rings is 1. The number of hydrogen-bond donors (Lipinski definition) is 2. The molecule has 0 aliphatic rings. The molecule has 1 aromatic heterocycles. The molecule has 1 unspecified atom stereocenters. The Bertz CT molecular complexity index is 230. The van der Waals surface area contributed by atoms with Crippen molar-refractivity contribution in [3.63, 3.8) is 0 Å². The van der Waals surface area contributed by atoms with E-state index in [9.17, 15) is 0 Å². The van der Waals surface area contributed by atoms with Crippen molar-refractivity contribution in [2.45, 2.75) is 19.4 Å². The number of aromatic nitrogens is 1. The molecule has 0 saturated heterocycles. The van der Waals surface area contributed by atoms with Gasteiger partial charge in [0.15, 0.2) is 0 Å². The number of anilines is 1. The van der Waals surface area contributed by atoms with Gasteiger partial charge in [-0.15, -0.1) is 0 Å². The summed E-state index contributed by atoms with van der Waals surface area (Å²) in [6.45, 7) is 2.07. The van der Waals surface area contributed by atoms with Gasteiger partial charge < -0.3 is 11.1 Å². The third kappa shape index (κ3) is 1.95. The van der Waals surface area contributed by atoms with E-state index < -0.39 is 0 Å². The standard InChI is InChI=1S/C9H15N3/c1-3-8(10)7-4-5-9(11-2)12-6-7/h4-6,8H,3,10H2,1-2H3,(H,11,12). The summed E-state index contributed by atoms with van der Waals surface area (Å²) in [4.78, 5) is 4.18. The summed E-state index contributed by atoms with van der Waals surface area (Å²) < 4.78 is 0. The molecule has 0 amide bonds. The van der Waals surface area contributed by atoms with Gasteiger partial charge in [-0.05, 0) is 18.1 Å². The summed E-state index contributed by atoms with van der Waals surface area (Å²) in [5.41, 5.74) is 6.92. The van der Waals surface area contributed by atoms with E-state index in [1.54, 1.807) is 0 Å². The molecule has 0 bridgehead atoms. The molecule has 0 fully saturated rings. The maximum Gasteiger partial charge on any atom is 0.125 e. The molecule has 12 heavy (non-hydrogen) atoms. The Morgan fingerprint density at radius 1 is 1.58 bits per heavy atom. The van der Waals surface area contributed by atoms with E-state index >= 15 is 0 Å². The second-order valence-electron chi connectivity index (χ2n) is 2.74. The highest BCUT2D eigenvalue weighted by Crippen LogP contribution is 2.13. The molecule has 66 valence electrons. The highest BCUT2D eigenvalue weighted by Gasteiger charge is 2.02. The lowest BCUT2D eigenvalue weighted by Crippen LogP contribution is -2.08. The highest BCUT2D eigenvalue weighted by atomic mass is 14.9.